The van der Waals surface area contributed by atoms with Crippen LogP contribution in [0.15, 0.2) is 35.7 Å². The van der Waals surface area contributed by atoms with Crippen LogP contribution in [-0.4, -0.2) is 18.1 Å². The molecule has 0 atom stereocenters. The molecule has 0 bridgehead atoms. The van der Waals surface area contributed by atoms with Crippen LogP contribution >= 0.6 is 11.3 Å². The average molecular weight is 302 g/mol. The first-order valence-electron chi connectivity index (χ1n) is 7.42. The Kier molecular flexibility index (Phi) is 4.58. The largest absolute Gasteiger partial charge is 0.496 e. The Morgan fingerprint density at radius 1 is 1.29 bits per heavy atom. The minimum atomic E-state index is 0.519. The van der Waals surface area contributed by atoms with Crippen molar-refractivity contribution in [2.75, 3.05) is 7.11 Å². The molecule has 1 aliphatic rings. The second-order valence-corrected chi connectivity index (χ2v) is 6.60. The molecule has 0 saturated heterocycles. The molecule has 0 radical (unpaired) electrons. The Morgan fingerprint density at radius 2 is 2.14 bits per heavy atom. The van der Waals surface area contributed by atoms with E-state index in [4.69, 9.17) is 10.5 Å². The van der Waals surface area contributed by atoms with Gasteiger partial charge in [0, 0.05) is 36.1 Å². The molecule has 0 spiro atoms. The average Bonchev–Trinajstić information content (AvgIpc) is 3.24. The fraction of sp³-hybridized carbons (Fsp3) is 0.412. The summed E-state index contributed by atoms with van der Waals surface area (Å²) in [6.07, 6.45) is 2.65. The maximum Gasteiger partial charge on any atom is 0.123 e. The molecule has 21 heavy (non-hydrogen) atoms. The number of methoxy groups -OCH3 is 1. The Hall–Kier alpha value is -1.36. The van der Waals surface area contributed by atoms with Crippen LogP contribution in [0.2, 0.25) is 0 Å². The van der Waals surface area contributed by atoms with Crippen molar-refractivity contribution in [3.63, 3.8) is 0 Å². The fourth-order valence-electron chi connectivity index (χ4n) is 2.65. The molecule has 1 heterocycles. The van der Waals surface area contributed by atoms with Gasteiger partial charge in [0.15, 0.2) is 0 Å². The lowest BCUT2D eigenvalue weighted by molar-refractivity contribution is 0.247. The Morgan fingerprint density at radius 3 is 2.76 bits per heavy atom. The molecular weight excluding hydrogens is 280 g/mol. The molecule has 1 aromatic carbocycles. The highest BCUT2D eigenvalue weighted by atomic mass is 32.1. The van der Waals surface area contributed by atoms with Crippen LogP contribution < -0.4 is 10.5 Å². The standard InChI is InChI=1S/C17H22N2OS/c1-20-17-9-13(4-5-14(17)10-18)11-19(15-6-7-15)12-16-3-2-8-21-16/h2-5,8-9,15H,6-7,10-12,18H2,1H3. The predicted octanol–water partition coefficient (Wildman–Crippen LogP) is 3.38. The molecule has 0 aliphatic heterocycles. The smallest absolute Gasteiger partial charge is 0.123 e. The summed E-state index contributed by atoms with van der Waals surface area (Å²) in [6.45, 7) is 2.54. The van der Waals surface area contributed by atoms with Crippen molar-refractivity contribution < 1.29 is 4.74 Å². The summed E-state index contributed by atoms with van der Waals surface area (Å²) in [4.78, 5) is 4.01. The van der Waals surface area contributed by atoms with E-state index in [1.807, 2.05) is 11.3 Å². The van der Waals surface area contributed by atoms with Crippen LogP contribution in [0.4, 0.5) is 0 Å². The van der Waals surface area contributed by atoms with Crippen LogP contribution in [0.3, 0.4) is 0 Å². The molecule has 1 saturated carbocycles. The topological polar surface area (TPSA) is 38.5 Å². The number of ether oxygens (including phenoxy) is 1. The minimum Gasteiger partial charge on any atom is -0.496 e. The van der Waals surface area contributed by atoms with Crippen molar-refractivity contribution in [3.8, 4) is 5.75 Å². The number of benzene rings is 1. The number of hydrogen-bond donors (Lipinski definition) is 1. The Balaban J connectivity index is 1.73. The molecule has 3 nitrogen and oxygen atoms in total. The summed E-state index contributed by atoms with van der Waals surface area (Å²) in [6, 6.07) is 11.5. The Labute approximate surface area is 130 Å². The van der Waals surface area contributed by atoms with Gasteiger partial charge in [0.2, 0.25) is 0 Å². The van der Waals surface area contributed by atoms with E-state index >= 15 is 0 Å². The van der Waals surface area contributed by atoms with Gasteiger partial charge in [-0.05, 0) is 35.9 Å². The van der Waals surface area contributed by atoms with E-state index in [-0.39, 0.29) is 0 Å². The molecule has 2 aromatic rings. The van der Waals surface area contributed by atoms with Gasteiger partial charge in [0.25, 0.3) is 0 Å². The first kappa shape index (κ1) is 14.6. The minimum absolute atomic E-state index is 0.519. The molecule has 1 fully saturated rings. The van der Waals surface area contributed by atoms with E-state index in [9.17, 15) is 0 Å². The van der Waals surface area contributed by atoms with Crippen LogP contribution in [0.25, 0.3) is 0 Å². The van der Waals surface area contributed by atoms with Crippen LogP contribution in [0.5, 0.6) is 5.75 Å². The van der Waals surface area contributed by atoms with Gasteiger partial charge in [-0.2, -0.15) is 0 Å². The maximum absolute atomic E-state index is 5.74. The lowest BCUT2D eigenvalue weighted by Crippen LogP contribution is -2.24. The molecule has 112 valence electrons. The lowest BCUT2D eigenvalue weighted by Gasteiger charge is -2.22. The molecule has 0 amide bonds. The van der Waals surface area contributed by atoms with Gasteiger partial charge in [-0.15, -0.1) is 11.3 Å². The lowest BCUT2D eigenvalue weighted by atomic mass is 10.1. The quantitative estimate of drug-likeness (QED) is 0.852. The third-order valence-corrected chi connectivity index (χ3v) is 4.82. The highest BCUT2D eigenvalue weighted by Crippen LogP contribution is 2.31. The number of hydrogen-bond acceptors (Lipinski definition) is 4. The van der Waals surface area contributed by atoms with Crippen molar-refractivity contribution in [2.45, 2.75) is 38.5 Å². The number of rotatable bonds is 7. The van der Waals surface area contributed by atoms with Crippen molar-refractivity contribution >= 4 is 11.3 Å². The predicted molar refractivity (Wildman–Crippen MR) is 87.5 cm³/mol. The number of nitrogens with two attached hydrogens (primary N) is 1. The third-order valence-electron chi connectivity index (χ3n) is 3.96. The second kappa shape index (κ2) is 6.60. The van der Waals surface area contributed by atoms with E-state index in [0.29, 0.717) is 6.54 Å². The third kappa shape index (κ3) is 3.64. The molecule has 1 aliphatic carbocycles. The maximum atomic E-state index is 5.74. The summed E-state index contributed by atoms with van der Waals surface area (Å²) in [5.41, 5.74) is 8.10. The Bertz CT molecular complexity index is 578. The van der Waals surface area contributed by atoms with Gasteiger partial charge < -0.3 is 10.5 Å². The van der Waals surface area contributed by atoms with Crippen LogP contribution in [0, 0.1) is 0 Å². The van der Waals surface area contributed by atoms with Crippen molar-refractivity contribution in [1.29, 1.82) is 0 Å². The first-order valence-corrected chi connectivity index (χ1v) is 8.30. The number of nitrogens with zero attached hydrogens (tertiary/aromatic N) is 1. The van der Waals surface area contributed by atoms with E-state index in [1.165, 1.54) is 23.3 Å². The van der Waals surface area contributed by atoms with Gasteiger partial charge in [-0.25, -0.2) is 0 Å². The van der Waals surface area contributed by atoms with Gasteiger partial charge in [-0.1, -0.05) is 18.2 Å². The van der Waals surface area contributed by atoms with E-state index in [1.54, 1.807) is 7.11 Å². The van der Waals surface area contributed by atoms with Crippen molar-refractivity contribution in [3.05, 3.63) is 51.7 Å². The molecule has 1 aromatic heterocycles. The van der Waals surface area contributed by atoms with E-state index in [0.717, 1.165) is 30.4 Å². The van der Waals surface area contributed by atoms with Crippen LogP contribution in [0.1, 0.15) is 28.8 Å². The van der Waals surface area contributed by atoms with E-state index < -0.39 is 0 Å². The zero-order valence-electron chi connectivity index (χ0n) is 12.4. The summed E-state index contributed by atoms with van der Waals surface area (Å²) >= 11 is 1.84. The normalized spacial score (nSPS) is 14.6. The van der Waals surface area contributed by atoms with E-state index in [2.05, 4.69) is 40.6 Å². The highest BCUT2D eigenvalue weighted by Gasteiger charge is 2.29. The zero-order valence-corrected chi connectivity index (χ0v) is 13.2. The zero-order chi connectivity index (χ0) is 14.7. The summed E-state index contributed by atoms with van der Waals surface area (Å²) in [5.74, 6) is 0.905. The molecule has 0 unspecified atom stereocenters. The SMILES string of the molecule is COc1cc(CN(Cc2cccs2)C2CC2)ccc1CN. The van der Waals surface area contributed by atoms with Crippen molar-refractivity contribution in [2.24, 2.45) is 5.73 Å². The van der Waals surface area contributed by atoms with Gasteiger partial charge >= 0.3 is 0 Å². The molecular formula is C17H22N2OS. The first-order chi connectivity index (χ1) is 10.3. The van der Waals surface area contributed by atoms with Gasteiger partial charge in [0.1, 0.15) is 5.75 Å². The summed E-state index contributed by atoms with van der Waals surface area (Å²) in [7, 11) is 1.71. The highest BCUT2D eigenvalue weighted by molar-refractivity contribution is 7.09. The summed E-state index contributed by atoms with van der Waals surface area (Å²) in [5, 5.41) is 2.15. The van der Waals surface area contributed by atoms with Crippen LogP contribution in [-0.2, 0) is 19.6 Å². The van der Waals surface area contributed by atoms with Gasteiger partial charge in [0.05, 0.1) is 7.11 Å². The summed E-state index contributed by atoms with van der Waals surface area (Å²) < 4.78 is 5.44. The van der Waals surface area contributed by atoms with Crippen molar-refractivity contribution in [1.82, 2.24) is 4.90 Å². The molecule has 2 N–H and O–H groups in total. The fourth-order valence-corrected chi connectivity index (χ4v) is 3.38. The second-order valence-electron chi connectivity index (χ2n) is 5.57. The number of thiophene rings is 1. The van der Waals surface area contributed by atoms with Gasteiger partial charge in [-0.3, -0.25) is 4.90 Å². The molecule has 4 heteroatoms. The molecule has 3 rings (SSSR count). The monoisotopic (exact) mass is 302 g/mol.